The Morgan fingerprint density at radius 1 is 1.23 bits per heavy atom. The van der Waals surface area contributed by atoms with Gasteiger partial charge in [-0.25, -0.2) is 4.39 Å². The summed E-state index contributed by atoms with van der Waals surface area (Å²) in [4.78, 5) is 33.9. The minimum Gasteiger partial charge on any atom is -0.458 e. The van der Waals surface area contributed by atoms with Gasteiger partial charge in [0.1, 0.15) is 24.2 Å². The first-order valence-corrected chi connectivity index (χ1v) is 12.7. The zero-order valence-electron chi connectivity index (χ0n) is 21.0. The third-order valence-corrected chi connectivity index (χ3v) is 6.49. The summed E-state index contributed by atoms with van der Waals surface area (Å²) in [5.41, 5.74) is 0.699. The van der Waals surface area contributed by atoms with E-state index >= 15 is 0 Å². The number of nitrogens with one attached hydrogen (secondary N) is 1. The summed E-state index contributed by atoms with van der Waals surface area (Å²) >= 11 is 6.08. The highest BCUT2D eigenvalue weighted by Crippen LogP contribution is 2.31. The number of benzene rings is 1. The lowest BCUT2D eigenvalue weighted by Crippen LogP contribution is -2.46. The zero-order chi connectivity index (χ0) is 27.4. The number of rotatable bonds is 9. The lowest BCUT2D eigenvalue weighted by molar-refractivity contribution is -0.127. The van der Waals surface area contributed by atoms with Gasteiger partial charge in [0.05, 0.1) is 11.1 Å². The Bertz CT molecular complexity index is 1460. The Morgan fingerprint density at radius 3 is 2.74 bits per heavy atom. The SMILES string of the molecule is Cc1ccc(-c2nnn(CC(=O)N(c3ccc(F)c(Cl)c3)C(C(=O)NCC3CCCO3)c3ccncc3)n2)o1. The van der Waals surface area contributed by atoms with Gasteiger partial charge in [0.25, 0.3) is 5.91 Å². The van der Waals surface area contributed by atoms with E-state index in [2.05, 4.69) is 25.7 Å². The Labute approximate surface area is 227 Å². The summed E-state index contributed by atoms with van der Waals surface area (Å²) in [6.45, 7) is 2.33. The molecule has 0 aliphatic carbocycles. The van der Waals surface area contributed by atoms with E-state index in [1.54, 1.807) is 31.2 Å². The quantitative estimate of drug-likeness (QED) is 0.333. The number of carbonyl (C=O) groups excluding carboxylic acids is 2. The van der Waals surface area contributed by atoms with Gasteiger partial charge in [-0.3, -0.25) is 19.5 Å². The molecule has 2 unspecified atom stereocenters. The fourth-order valence-electron chi connectivity index (χ4n) is 4.31. The highest BCUT2D eigenvalue weighted by Gasteiger charge is 2.34. The van der Waals surface area contributed by atoms with Gasteiger partial charge in [-0.1, -0.05) is 11.6 Å². The molecule has 0 radical (unpaired) electrons. The number of tetrazole rings is 1. The maximum Gasteiger partial charge on any atom is 0.251 e. The molecule has 11 nitrogen and oxygen atoms in total. The van der Waals surface area contributed by atoms with E-state index in [9.17, 15) is 14.0 Å². The van der Waals surface area contributed by atoms with Gasteiger partial charge in [0, 0.05) is 31.2 Å². The summed E-state index contributed by atoms with van der Waals surface area (Å²) < 4.78 is 25.2. The molecule has 202 valence electrons. The first-order chi connectivity index (χ1) is 18.9. The molecular formula is C26H25ClFN7O4. The van der Waals surface area contributed by atoms with Crippen LogP contribution in [0, 0.1) is 12.7 Å². The van der Waals surface area contributed by atoms with Gasteiger partial charge in [0.2, 0.25) is 11.7 Å². The molecule has 4 heterocycles. The third kappa shape index (κ3) is 6.13. The van der Waals surface area contributed by atoms with E-state index in [4.69, 9.17) is 20.8 Å². The van der Waals surface area contributed by atoms with Crippen LogP contribution in [0.3, 0.4) is 0 Å². The average Bonchev–Trinajstić information content (AvgIpc) is 3.71. The van der Waals surface area contributed by atoms with Gasteiger partial charge in [-0.05, 0) is 73.0 Å². The van der Waals surface area contributed by atoms with E-state index in [1.807, 2.05) is 0 Å². The fourth-order valence-corrected chi connectivity index (χ4v) is 4.49. The standard InChI is InChI=1S/C26H25ClFN7O4/c1-16-4-7-22(39-16)25-31-33-34(32-25)15-23(36)35(18-5-6-21(28)20(27)13-18)24(17-8-10-29-11-9-17)26(37)30-14-19-3-2-12-38-19/h4-11,13,19,24H,2-3,12,14-15H2,1H3,(H,30,37). The minimum atomic E-state index is -1.14. The topological polar surface area (TPSA) is 128 Å². The molecule has 1 N–H and O–H groups in total. The van der Waals surface area contributed by atoms with Crippen LogP contribution in [0.5, 0.6) is 0 Å². The van der Waals surface area contributed by atoms with Crippen LogP contribution in [0.4, 0.5) is 10.1 Å². The number of nitrogens with zero attached hydrogens (tertiary/aromatic N) is 6. The first-order valence-electron chi connectivity index (χ1n) is 12.3. The molecule has 0 spiro atoms. The van der Waals surface area contributed by atoms with Gasteiger partial charge < -0.3 is 14.5 Å². The molecule has 2 amide bonds. The molecule has 0 bridgehead atoms. The Balaban J connectivity index is 1.48. The molecule has 13 heteroatoms. The van der Waals surface area contributed by atoms with Crippen LogP contribution in [0.25, 0.3) is 11.6 Å². The lowest BCUT2D eigenvalue weighted by atomic mass is 10.0. The molecular weight excluding hydrogens is 529 g/mol. The maximum absolute atomic E-state index is 14.1. The van der Waals surface area contributed by atoms with Crippen molar-refractivity contribution >= 4 is 29.1 Å². The number of pyridine rings is 1. The zero-order valence-corrected chi connectivity index (χ0v) is 21.7. The molecule has 1 aliphatic rings. The van der Waals surface area contributed by atoms with Crippen LogP contribution in [0.1, 0.15) is 30.2 Å². The minimum absolute atomic E-state index is 0.112. The number of hydrogen-bond donors (Lipinski definition) is 1. The Hall–Kier alpha value is -4.16. The predicted molar refractivity (Wildman–Crippen MR) is 138 cm³/mol. The van der Waals surface area contributed by atoms with E-state index in [0.717, 1.165) is 23.7 Å². The van der Waals surface area contributed by atoms with Crippen molar-refractivity contribution in [1.29, 1.82) is 0 Å². The maximum atomic E-state index is 14.1. The lowest BCUT2D eigenvalue weighted by Gasteiger charge is -2.31. The number of amides is 2. The van der Waals surface area contributed by atoms with Gasteiger partial charge in [-0.15, -0.1) is 10.2 Å². The number of carbonyl (C=O) groups is 2. The van der Waals surface area contributed by atoms with Gasteiger partial charge in [0.15, 0.2) is 5.76 Å². The molecule has 2 atom stereocenters. The van der Waals surface area contributed by atoms with Crippen molar-refractivity contribution in [2.24, 2.45) is 0 Å². The second-order valence-corrected chi connectivity index (χ2v) is 9.39. The summed E-state index contributed by atoms with van der Waals surface area (Å²) in [5.74, 6) is -0.405. The molecule has 0 saturated carbocycles. The smallest absolute Gasteiger partial charge is 0.251 e. The average molecular weight is 554 g/mol. The summed E-state index contributed by atoms with van der Waals surface area (Å²) in [5, 5.41) is 14.9. The highest BCUT2D eigenvalue weighted by molar-refractivity contribution is 6.31. The normalized spacial score (nSPS) is 15.7. The number of hydrogen-bond acceptors (Lipinski definition) is 8. The number of aromatic nitrogens is 5. The molecule has 1 saturated heterocycles. The largest absolute Gasteiger partial charge is 0.458 e. The van der Waals surface area contributed by atoms with Crippen molar-refractivity contribution in [3.05, 3.63) is 77.0 Å². The van der Waals surface area contributed by atoms with E-state index in [-0.39, 0.29) is 35.7 Å². The highest BCUT2D eigenvalue weighted by atomic mass is 35.5. The van der Waals surface area contributed by atoms with Crippen LogP contribution >= 0.6 is 11.6 Å². The number of furan rings is 1. The summed E-state index contributed by atoms with van der Waals surface area (Å²) in [6.07, 6.45) is 4.67. The molecule has 5 rings (SSSR count). The number of halogens is 2. The second-order valence-electron chi connectivity index (χ2n) is 8.98. The summed E-state index contributed by atoms with van der Waals surface area (Å²) in [7, 11) is 0. The molecule has 39 heavy (non-hydrogen) atoms. The van der Waals surface area contributed by atoms with Crippen LogP contribution in [-0.2, 0) is 20.9 Å². The molecule has 3 aromatic heterocycles. The Kier molecular flexibility index (Phi) is 7.94. The molecule has 1 fully saturated rings. The van der Waals surface area contributed by atoms with Crippen LogP contribution in [0.2, 0.25) is 5.02 Å². The monoisotopic (exact) mass is 553 g/mol. The van der Waals surface area contributed by atoms with Gasteiger partial charge in [-0.2, -0.15) is 4.80 Å². The Morgan fingerprint density at radius 2 is 2.05 bits per heavy atom. The van der Waals surface area contributed by atoms with Crippen molar-refractivity contribution in [3.8, 4) is 11.6 Å². The number of anilines is 1. The first kappa shape index (κ1) is 26.4. The van der Waals surface area contributed by atoms with Gasteiger partial charge >= 0.3 is 0 Å². The van der Waals surface area contributed by atoms with Crippen LogP contribution in [0.15, 0.2) is 59.3 Å². The van der Waals surface area contributed by atoms with E-state index in [1.165, 1.54) is 29.4 Å². The second kappa shape index (κ2) is 11.7. The molecule has 4 aromatic rings. The predicted octanol–water partition coefficient (Wildman–Crippen LogP) is 3.50. The number of aryl methyl sites for hydroxylation is 1. The third-order valence-electron chi connectivity index (χ3n) is 6.20. The van der Waals surface area contributed by atoms with E-state index in [0.29, 0.717) is 23.7 Å². The van der Waals surface area contributed by atoms with Crippen molar-refractivity contribution < 1.29 is 23.1 Å². The fraction of sp³-hybridized carbons (Fsp3) is 0.308. The van der Waals surface area contributed by atoms with Crippen LogP contribution in [-0.4, -0.2) is 56.3 Å². The van der Waals surface area contributed by atoms with E-state index < -0.39 is 23.7 Å². The molecule has 1 aliphatic heterocycles. The van der Waals surface area contributed by atoms with Crippen molar-refractivity contribution in [3.63, 3.8) is 0 Å². The molecule has 1 aromatic carbocycles. The number of ether oxygens (including phenoxy) is 1. The van der Waals surface area contributed by atoms with Crippen molar-refractivity contribution in [1.82, 2.24) is 30.5 Å². The van der Waals surface area contributed by atoms with Crippen LogP contribution < -0.4 is 10.2 Å². The van der Waals surface area contributed by atoms with Crippen molar-refractivity contribution in [2.75, 3.05) is 18.1 Å². The van der Waals surface area contributed by atoms with Crippen molar-refractivity contribution in [2.45, 2.75) is 38.5 Å². The summed E-state index contributed by atoms with van der Waals surface area (Å²) in [6, 6.07) is 9.39.